The van der Waals surface area contributed by atoms with Gasteiger partial charge in [0, 0.05) is 25.7 Å². The fraction of sp³-hybridized carbons (Fsp3) is 0.227. The van der Waals surface area contributed by atoms with Crippen molar-refractivity contribution in [3.05, 3.63) is 59.0 Å². The number of ether oxygens (including phenoxy) is 2. The standard InChI is InChI=1S/C22H22ClFN6O3/c1-30-17-6-5-14(11-13(17)7-9-33-22(30)31)27-21-26-12-15(23)20(29-21)28-19-16(24)3-2-4-18(19)32-10-8-25/h2-6,11-12H,7-10,25H2,1H3,(H2,26,27,28,29). The van der Waals surface area contributed by atoms with Crippen molar-refractivity contribution in [2.45, 2.75) is 6.42 Å². The summed E-state index contributed by atoms with van der Waals surface area (Å²) in [5, 5.41) is 6.20. The number of hydrogen-bond donors (Lipinski definition) is 3. The number of hydrogen-bond acceptors (Lipinski definition) is 8. The number of aromatic nitrogens is 2. The number of benzene rings is 2. The van der Waals surface area contributed by atoms with Crippen LogP contribution in [0.4, 0.5) is 38.0 Å². The first-order chi connectivity index (χ1) is 16.0. The molecular formula is C22H22ClFN6O3. The molecule has 0 bridgehead atoms. The third kappa shape index (κ3) is 5.07. The Balaban J connectivity index is 1.58. The summed E-state index contributed by atoms with van der Waals surface area (Å²) in [4.78, 5) is 21.9. The van der Waals surface area contributed by atoms with Crippen molar-refractivity contribution in [2.75, 3.05) is 42.3 Å². The molecule has 0 saturated carbocycles. The van der Waals surface area contributed by atoms with E-state index < -0.39 is 11.9 Å². The average Bonchev–Trinajstić information content (AvgIpc) is 2.94. The second-order valence-corrected chi connectivity index (χ2v) is 7.56. The molecular weight excluding hydrogens is 451 g/mol. The molecule has 0 saturated heterocycles. The lowest BCUT2D eigenvalue weighted by Gasteiger charge is -2.17. The third-order valence-electron chi connectivity index (χ3n) is 4.91. The summed E-state index contributed by atoms with van der Waals surface area (Å²) in [6.45, 7) is 0.810. The van der Waals surface area contributed by atoms with E-state index in [9.17, 15) is 9.18 Å². The second kappa shape index (κ2) is 9.88. The predicted octanol–water partition coefficient (Wildman–Crippen LogP) is 4.22. The first-order valence-corrected chi connectivity index (χ1v) is 10.6. The first-order valence-electron chi connectivity index (χ1n) is 10.2. The second-order valence-electron chi connectivity index (χ2n) is 7.16. The van der Waals surface area contributed by atoms with Crippen LogP contribution in [0.3, 0.4) is 0 Å². The maximum absolute atomic E-state index is 14.5. The number of carbonyl (C=O) groups excluding carboxylic acids is 1. The lowest BCUT2D eigenvalue weighted by Crippen LogP contribution is -2.25. The summed E-state index contributed by atoms with van der Waals surface area (Å²) in [6.07, 6.45) is 1.59. The van der Waals surface area contributed by atoms with Gasteiger partial charge >= 0.3 is 6.09 Å². The molecule has 0 unspecified atom stereocenters. The molecule has 2 heterocycles. The lowest BCUT2D eigenvalue weighted by molar-refractivity contribution is 0.159. The molecule has 0 radical (unpaired) electrons. The molecule has 1 amide bonds. The van der Waals surface area contributed by atoms with Gasteiger partial charge in [0.2, 0.25) is 5.95 Å². The molecule has 1 aliphatic rings. The maximum Gasteiger partial charge on any atom is 0.414 e. The van der Waals surface area contributed by atoms with Crippen molar-refractivity contribution < 1.29 is 18.7 Å². The highest BCUT2D eigenvalue weighted by atomic mass is 35.5. The SMILES string of the molecule is CN1C(=O)OCCc2cc(Nc3ncc(Cl)c(Nc4c(F)cccc4OCCN)n3)ccc21. The van der Waals surface area contributed by atoms with Gasteiger partial charge in [-0.15, -0.1) is 0 Å². The molecule has 4 N–H and O–H groups in total. The Hall–Kier alpha value is -3.63. The van der Waals surface area contributed by atoms with E-state index in [-0.39, 0.29) is 41.4 Å². The lowest BCUT2D eigenvalue weighted by atomic mass is 10.1. The zero-order chi connectivity index (χ0) is 23.4. The van der Waals surface area contributed by atoms with Gasteiger partial charge in [0.1, 0.15) is 23.1 Å². The van der Waals surface area contributed by atoms with E-state index in [1.54, 1.807) is 19.2 Å². The number of halogens is 2. The van der Waals surface area contributed by atoms with Crippen molar-refractivity contribution >= 4 is 46.5 Å². The number of cyclic esters (lactones) is 1. The van der Waals surface area contributed by atoms with Crippen LogP contribution in [0, 0.1) is 5.82 Å². The van der Waals surface area contributed by atoms with E-state index in [0.29, 0.717) is 18.7 Å². The number of fused-ring (bicyclic) bond motifs is 1. The molecule has 9 nitrogen and oxygen atoms in total. The molecule has 11 heteroatoms. The molecule has 0 atom stereocenters. The number of anilines is 5. The van der Waals surface area contributed by atoms with Crippen LogP contribution in [0.25, 0.3) is 0 Å². The fourth-order valence-corrected chi connectivity index (χ4v) is 3.45. The number of rotatable bonds is 7. The molecule has 172 valence electrons. The van der Waals surface area contributed by atoms with Crippen molar-refractivity contribution in [1.82, 2.24) is 9.97 Å². The molecule has 0 aliphatic carbocycles. The summed E-state index contributed by atoms with van der Waals surface area (Å²) in [6, 6.07) is 9.97. The van der Waals surface area contributed by atoms with Gasteiger partial charge in [0.05, 0.1) is 18.5 Å². The Morgan fingerprint density at radius 2 is 2.15 bits per heavy atom. The van der Waals surface area contributed by atoms with Crippen molar-refractivity contribution in [2.24, 2.45) is 5.73 Å². The van der Waals surface area contributed by atoms with Gasteiger partial charge in [-0.2, -0.15) is 4.98 Å². The largest absolute Gasteiger partial charge is 0.490 e. The van der Waals surface area contributed by atoms with Gasteiger partial charge in [0.25, 0.3) is 0 Å². The minimum absolute atomic E-state index is 0.0928. The normalized spacial score (nSPS) is 13.1. The van der Waals surface area contributed by atoms with Crippen molar-refractivity contribution in [3.8, 4) is 5.75 Å². The minimum Gasteiger partial charge on any atom is -0.490 e. The van der Waals surface area contributed by atoms with Gasteiger partial charge in [-0.1, -0.05) is 17.7 Å². The zero-order valence-electron chi connectivity index (χ0n) is 17.8. The number of nitrogens with zero attached hydrogens (tertiary/aromatic N) is 3. The van der Waals surface area contributed by atoms with E-state index in [2.05, 4.69) is 20.6 Å². The van der Waals surface area contributed by atoms with E-state index in [1.165, 1.54) is 23.2 Å². The molecule has 0 fully saturated rings. The topological polar surface area (TPSA) is 115 Å². The Morgan fingerprint density at radius 1 is 1.30 bits per heavy atom. The predicted molar refractivity (Wildman–Crippen MR) is 124 cm³/mol. The number of nitrogens with two attached hydrogens (primary N) is 1. The highest BCUT2D eigenvalue weighted by Gasteiger charge is 2.20. The van der Waals surface area contributed by atoms with Gasteiger partial charge in [-0.3, -0.25) is 4.90 Å². The van der Waals surface area contributed by atoms with Crippen LogP contribution in [0.15, 0.2) is 42.6 Å². The monoisotopic (exact) mass is 472 g/mol. The number of nitrogens with one attached hydrogen (secondary N) is 2. The van der Waals surface area contributed by atoms with E-state index in [4.69, 9.17) is 26.8 Å². The quantitative estimate of drug-likeness (QED) is 0.468. The zero-order valence-corrected chi connectivity index (χ0v) is 18.5. The average molecular weight is 473 g/mol. The van der Waals surface area contributed by atoms with Gasteiger partial charge in [-0.05, 0) is 35.9 Å². The molecule has 3 aromatic rings. The Kier molecular flexibility index (Phi) is 6.76. The van der Waals surface area contributed by atoms with Gasteiger partial charge < -0.3 is 25.8 Å². The Bertz CT molecular complexity index is 1180. The van der Waals surface area contributed by atoms with E-state index in [1.807, 2.05) is 12.1 Å². The summed E-state index contributed by atoms with van der Waals surface area (Å²) >= 11 is 6.25. The molecule has 2 aromatic carbocycles. The highest BCUT2D eigenvalue weighted by molar-refractivity contribution is 6.33. The van der Waals surface area contributed by atoms with E-state index >= 15 is 0 Å². The Morgan fingerprint density at radius 3 is 2.97 bits per heavy atom. The van der Waals surface area contributed by atoms with Crippen LogP contribution >= 0.6 is 11.6 Å². The smallest absolute Gasteiger partial charge is 0.414 e. The van der Waals surface area contributed by atoms with Crippen LogP contribution in [-0.4, -0.2) is 42.9 Å². The Labute approximate surface area is 194 Å². The van der Waals surface area contributed by atoms with Crippen molar-refractivity contribution in [3.63, 3.8) is 0 Å². The van der Waals surface area contributed by atoms with Crippen LogP contribution in [0.1, 0.15) is 5.56 Å². The van der Waals surface area contributed by atoms with E-state index in [0.717, 1.165) is 11.3 Å². The van der Waals surface area contributed by atoms with Gasteiger partial charge in [0.15, 0.2) is 11.6 Å². The summed E-state index contributed by atoms with van der Waals surface area (Å²) < 4.78 is 25.2. The van der Waals surface area contributed by atoms with Crippen LogP contribution in [0.5, 0.6) is 5.75 Å². The number of para-hydroxylation sites is 1. The summed E-state index contributed by atoms with van der Waals surface area (Å²) in [5.41, 5.74) is 8.00. The molecule has 1 aliphatic heterocycles. The first kappa shape index (κ1) is 22.6. The summed E-state index contributed by atoms with van der Waals surface area (Å²) in [5.74, 6) is 0.207. The number of amides is 1. The van der Waals surface area contributed by atoms with Crippen LogP contribution in [-0.2, 0) is 11.2 Å². The van der Waals surface area contributed by atoms with Gasteiger partial charge in [-0.25, -0.2) is 14.2 Å². The minimum atomic E-state index is -0.527. The van der Waals surface area contributed by atoms with Crippen LogP contribution in [0.2, 0.25) is 5.02 Å². The third-order valence-corrected chi connectivity index (χ3v) is 5.18. The molecule has 4 rings (SSSR count). The molecule has 33 heavy (non-hydrogen) atoms. The van der Waals surface area contributed by atoms with Crippen LogP contribution < -0.4 is 26.0 Å². The summed E-state index contributed by atoms with van der Waals surface area (Å²) in [7, 11) is 1.66. The fourth-order valence-electron chi connectivity index (χ4n) is 3.31. The van der Waals surface area contributed by atoms with Crippen molar-refractivity contribution in [1.29, 1.82) is 0 Å². The number of carbonyl (C=O) groups is 1. The maximum atomic E-state index is 14.5. The molecule has 0 spiro atoms. The highest BCUT2D eigenvalue weighted by Crippen LogP contribution is 2.33. The molecule has 1 aromatic heterocycles.